The van der Waals surface area contributed by atoms with Crippen LogP contribution < -0.4 is 5.32 Å². The lowest BCUT2D eigenvalue weighted by Crippen LogP contribution is -2.44. The molecule has 1 rings (SSSR count). The van der Waals surface area contributed by atoms with Gasteiger partial charge in [-0.1, -0.05) is 19.8 Å². The van der Waals surface area contributed by atoms with Crippen LogP contribution in [0.2, 0.25) is 0 Å². The van der Waals surface area contributed by atoms with Gasteiger partial charge in [-0.25, -0.2) is 4.79 Å². The largest absolute Gasteiger partial charge is 0.481 e. The van der Waals surface area contributed by atoms with Gasteiger partial charge in [0.15, 0.2) is 0 Å². The molecule has 1 aliphatic rings. The Morgan fingerprint density at radius 2 is 1.79 bits per heavy atom. The third-order valence-electron chi connectivity index (χ3n) is 3.66. The molecule has 1 aliphatic heterocycles. The standard InChI is InChI=1S/C14H26N2O3/c1-12-7-10-16(11-8-12)14(19)15-9-5-3-2-4-6-13(17)18/h12H,2-11H2,1H3,(H,15,19)(H,17,18). The first-order chi connectivity index (χ1) is 9.09. The molecule has 2 N–H and O–H groups in total. The van der Waals surface area contributed by atoms with Crippen LogP contribution in [0.25, 0.3) is 0 Å². The molecule has 19 heavy (non-hydrogen) atoms. The molecule has 0 aliphatic carbocycles. The monoisotopic (exact) mass is 270 g/mol. The summed E-state index contributed by atoms with van der Waals surface area (Å²) in [5.74, 6) is 0.00548. The number of nitrogens with zero attached hydrogens (tertiary/aromatic N) is 1. The number of unbranched alkanes of at least 4 members (excludes halogenated alkanes) is 3. The predicted octanol–water partition coefficient (Wildman–Crippen LogP) is 2.46. The number of rotatable bonds is 7. The molecule has 0 spiro atoms. The van der Waals surface area contributed by atoms with Crippen LogP contribution in [-0.4, -0.2) is 41.6 Å². The Hall–Kier alpha value is -1.26. The second kappa shape index (κ2) is 8.77. The first kappa shape index (κ1) is 15.8. The molecule has 0 atom stereocenters. The van der Waals surface area contributed by atoms with Gasteiger partial charge in [0.05, 0.1) is 0 Å². The smallest absolute Gasteiger partial charge is 0.317 e. The normalized spacial score (nSPS) is 16.4. The summed E-state index contributed by atoms with van der Waals surface area (Å²) in [6.45, 7) is 4.65. The highest BCUT2D eigenvalue weighted by molar-refractivity contribution is 5.74. The zero-order chi connectivity index (χ0) is 14.1. The van der Waals surface area contributed by atoms with Gasteiger partial charge in [-0.2, -0.15) is 0 Å². The lowest BCUT2D eigenvalue weighted by molar-refractivity contribution is -0.137. The van der Waals surface area contributed by atoms with Gasteiger partial charge in [0, 0.05) is 26.1 Å². The number of piperidine rings is 1. The quantitative estimate of drug-likeness (QED) is 0.698. The van der Waals surface area contributed by atoms with Crippen molar-refractivity contribution in [3.05, 3.63) is 0 Å². The summed E-state index contributed by atoms with van der Waals surface area (Å²) in [6, 6.07) is 0.0532. The van der Waals surface area contributed by atoms with E-state index in [1.165, 1.54) is 0 Å². The second-order valence-electron chi connectivity index (χ2n) is 5.46. The Labute approximate surface area is 115 Å². The van der Waals surface area contributed by atoms with Crippen molar-refractivity contribution in [1.29, 1.82) is 0 Å². The van der Waals surface area contributed by atoms with Crippen LogP contribution in [0.15, 0.2) is 0 Å². The molecule has 0 radical (unpaired) electrons. The van der Waals surface area contributed by atoms with E-state index >= 15 is 0 Å². The number of carbonyl (C=O) groups is 2. The van der Waals surface area contributed by atoms with Gasteiger partial charge >= 0.3 is 12.0 Å². The van der Waals surface area contributed by atoms with Crippen molar-refractivity contribution in [1.82, 2.24) is 10.2 Å². The van der Waals surface area contributed by atoms with Gasteiger partial charge in [-0.05, 0) is 31.6 Å². The molecule has 110 valence electrons. The van der Waals surface area contributed by atoms with E-state index in [9.17, 15) is 9.59 Å². The van der Waals surface area contributed by atoms with Gasteiger partial charge < -0.3 is 15.3 Å². The van der Waals surface area contributed by atoms with E-state index in [1.54, 1.807) is 0 Å². The highest BCUT2D eigenvalue weighted by Crippen LogP contribution is 2.15. The van der Waals surface area contributed by atoms with E-state index in [0.29, 0.717) is 6.54 Å². The summed E-state index contributed by atoms with van der Waals surface area (Å²) >= 11 is 0. The van der Waals surface area contributed by atoms with Gasteiger partial charge in [-0.15, -0.1) is 0 Å². The number of amides is 2. The van der Waals surface area contributed by atoms with Crippen LogP contribution in [0.3, 0.4) is 0 Å². The van der Waals surface area contributed by atoms with Crippen molar-refractivity contribution in [3.63, 3.8) is 0 Å². The molecule has 0 aromatic rings. The average Bonchev–Trinajstić information content (AvgIpc) is 2.38. The summed E-state index contributed by atoms with van der Waals surface area (Å²) in [7, 11) is 0. The van der Waals surface area contributed by atoms with Crippen LogP contribution in [-0.2, 0) is 4.79 Å². The van der Waals surface area contributed by atoms with Crippen LogP contribution in [0.1, 0.15) is 51.9 Å². The molecule has 5 nitrogen and oxygen atoms in total. The van der Waals surface area contributed by atoms with E-state index in [1.807, 2.05) is 4.90 Å². The van der Waals surface area contributed by atoms with Crippen LogP contribution in [0.4, 0.5) is 4.79 Å². The molecular weight excluding hydrogens is 244 g/mol. The summed E-state index contributed by atoms with van der Waals surface area (Å²) in [4.78, 5) is 24.0. The lowest BCUT2D eigenvalue weighted by atomic mass is 10.00. The minimum absolute atomic E-state index is 0.0532. The molecule has 1 fully saturated rings. The maximum atomic E-state index is 11.8. The molecule has 0 bridgehead atoms. The first-order valence-corrected chi connectivity index (χ1v) is 7.34. The van der Waals surface area contributed by atoms with Crippen molar-refractivity contribution in [3.8, 4) is 0 Å². The molecule has 0 aromatic carbocycles. The molecule has 5 heteroatoms. The molecule has 0 saturated carbocycles. The van der Waals surface area contributed by atoms with Crippen molar-refractivity contribution >= 4 is 12.0 Å². The molecule has 1 heterocycles. The fraction of sp³-hybridized carbons (Fsp3) is 0.857. The molecule has 1 saturated heterocycles. The number of carboxylic acid groups (broad SMARTS) is 1. The summed E-state index contributed by atoms with van der Waals surface area (Å²) in [5, 5.41) is 11.4. The van der Waals surface area contributed by atoms with E-state index in [2.05, 4.69) is 12.2 Å². The van der Waals surface area contributed by atoms with Crippen LogP contribution in [0, 0.1) is 5.92 Å². The van der Waals surface area contributed by atoms with Crippen molar-refractivity contribution in [2.24, 2.45) is 5.92 Å². The molecule has 0 aromatic heterocycles. The third-order valence-corrected chi connectivity index (χ3v) is 3.66. The van der Waals surface area contributed by atoms with Crippen molar-refractivity contribution in [2.45, 2.75) is 51.9 Å². The highest BCUT2D eigenvalue weighted by Gasteiger charge is 2.19. The zero-order valence-corrected chi connectivity index (χ0v) is 11.9. The number of carbonyl (C=O) groups excluding carboxylic acids is 1. The van der Waals surface area contributed by atoms with E-state index < -0.39 is 5.97 Å². The number of likely N-dealkylation sites (tertiary alicyclic amines) is 1. The Morgan fingerprint density at radius 1 is 1.16 bits per heavy atom. The number of hydrogen-bond acceptors (Lipinski definition) is 2. The van der Waals surface area contributed by atoms with Crippen molar-refractivity contribution < 1.29 is 14.7 Å². The first-order valence-electron chi connectivity index (χ1n) is 7.34. The molecule has 0 unspecified atom stereocenters. The summed E-state index contributed by atoms with van der Waals surface area (Å²) in [5.41, 5.74) is 0. The number of urea groups is 1. The SMILES string of the molecule is CC1CCN(C(=O)NCCCCCCC(=O)O)CC1. The minimum atomic E-state index is -0.729. The van der Waals surface area contributed by atoms with Gasteiger partial charge in [0.1, 0.15) is 0 Å². The van der Waals surface area contributed by atoms with E-state index in [4.69, 9.17) is 5.11 Å². The third kappa shape index (κ3) is 7.03. The Kier molecular flexibility index (Phi) is 7.30. The molecule has 2 amide bonds. The predicted molar refractivity (Wildman–Crippen MR) is 74.1 cm³/mol. The number of nitrogens with one attached hydrogen (secondary N) is 1. The van der Waals surface area contributed by atoms with Gasteiger partial charge in [0.2, 0.25) is 0 Å². The second-order valence-corrected chi connectivity index (χ2v) is 5.46. The van der Waals surface area contributed by atoms with Crippen LogP contribution in [0.5, 0.6) is 0 Å². The van der Waals surface area contributed by atoms with Gasteiger partial charge in [-0.3, -0.25) is 4.79 Å². The Bertz CT molecular complexity index is 286. The number of carboxylic acids is 1. The van der Waals surface area contributed by atoms with Gasteiger partial charge in [0.25, 0.3) is 0 Å². The number of hydrogen-bond donors (Lipinski definition) is 2. The topological polar surface area (TPSA) is 69.6 Å². The van der Waals surface area contributed by atoms with E-state index in [0.717, 1.165) is 57.5 Å². The van der Waals surface area contributed by atoms with E-state index in [-0.39, 0.29) is 12.5 Å². The fourth-order valence-corrected chi connectivity index (χ4v) is 2.27. The minimum Gasteiger partial charge on any atom is -0.481 e. The lowest BCUT2D eigenvalue weighted by Gasteiger charge is -2.30. The fourth-order valence-electron chi connectivity index (χ4n) is 2.27. The summed E-state index contributed by atoms with van der Waals surface area (Å²) < 4.78 is 0. The highest BCUT2D eigenvalue weighted by atomic mass is 16.4. The Morgan fingerprint density at radius 3 is 2.42 bits per heavy atom. The maximum absolute atomic E-state index is 11.8. The zero-order valence-electron chi connectivity index (χ0n) is 11.9. The summed E-state index contributed by atoms with van der Waals surface area (Å²) in [6.07, 6.45) is 6.00. The molecular formula is C14H26N2O3. The Balaban J connectivity index is 1.97. The van der Waals surface area contributed by atoms with Crippen LogP contribution >= 0.6 is 0 Å². The average molecular weight is 270 g/mol. The van der Waals surface area contributed by atoms with Crippen molar-refractivity contribution in [2.75, 3.05) is 19.6 Å². The number of aliphatic carboxylic acids is 1. The maximum Gasteiger partial charge on any atom is 0.317 e.